The van der Waals surface area contributed by atoms with E-state index in [4.69, 9.17) is 4.65 Å². The smallest absolute Gasteiger partial charge is 0.527 e. The van der Waals surface area contributed by atoms with Crippen molar-refractivity contribution in [3.8, 4) is 5.75 Å². The van der Waals surface area contributed by atoms with Gasteiger partial charge in [-0.1, -0.05) is 18.2 Å². The Morgan fingerprint density at radius 3 is 2.78 bits per heavy atom. The second kappa shape index (κ2) is 6.78. The third-order valence-electron chi connectivity index (χ3n) is 5.20. The molecule has 2 aliphatic heterocycles. The fourth-order valence-corrected chi connectivity index (χ4v) is 5.38. The average Bonchev–Trinajstić information content (AvgIpc) is 3.09. The van der Waals surface area contributed by atoms with E-state index in [2.05, 4.69) is 5.32 Å². The Morgan fingerprint density at radius 1 is 1.22 bits per heavy atom. The zero-order valence-corrected chi connectivity index (χ0v) is 15.8. The van der Waals surface area contributed by atoms with Crippen molar-refractivity contribution in [2.24, 2.45) is 0 Å². The largest absolute Gasteiger partial charge is 0.535 e. The highest BCUT2D eigenvalue weighted by atomic mass is 32.2. The standard InChI is InChI=1S/C19H20BNO5S/c1-12(22)18-4-2-3-13-7-16(20(23)26-19(13)18)11-27(24,25)17-6-5-14-9-21-10-15(14)8-17/h2-6,8,16,21,23H,7,9-11H2,1H3/t16-/m1/s1. The molecule has 0 aromatic heterocycles. The summed E-state index contributed by atoms with van der Waals surface area (Å²) in [5.74, 6) is -0.618. The van der Waals surface area contributed by atoms with Gasteiger partial charge in [-0.3, -0.25) is 4.79 Å². The predicted octanol–water partition coefficient (Wildman–Crippen LogP) is 1.75. The van der Waals surface area contributed by atoms with Gasteiger partial charge >= 0.3 is 7.12 Å². The molecule has 2 aromatic rings. The first kappa shape index (κ1) is 18.2. The number of benzene rings is 2. The van der Waals surface area contributed by atoms with Gasteiger partial charge in [-0.2, -0.15) is 0 Å². The number of sulfone groups is 1. The number of Topliss-reactive ketones (excluding diaryl/α,β-unsaturated/α-hetero) is 1. The molecular weight excluding hydrogens is 365 g/mol. The summed E-state index contributed by atoms with van der Waals surface area (Å²) < 4.78 is 31.3. The van der Waals surface area contributed by atoms with Crippen LogP contribution in [-0.2, 0) is 29.3 Å². The Kier molecular flexibility index (Phi) is 4.57. The topological polar surface area (TPSA) is 92.7 Å². The summed E-state index contributed by atoms with van der Waals surface area (Å²) in [5.41, 5.74) is 3.25. The molecule has 0 saturated heterocycles. The molecule has 1 atom stereocenters. The second-order valence-electron chi connectivity index (χ2n) is 7.14. The minimum atomic E-state index is -3.58. The summed E-state index contributed by atoms with van der Waals surface area (Å²) in [4.78, 5) is 12.0. The Balaban J connectivity index is 1.59. The minimum absolute atomic E-state index is 0.156. The molecule has 0 radical (unpaired) electrons. The Labute approximate surface area is 158 Å². The van der Waals surface area contributed by atoms with Crippen molar-refractivity contribution >= 4 is 22.7 Å². The van der Waals surface area contributed by atoms with Gasteiger partial charge in [-0.05, 0) is 48.2 Å². The van der Waals surface area contributed by atoms with E-state index >= 15 is 0 Å². The average molecular weight is 385 g/mol. The van der Waals surface area contributed by atoms with Crippen LogP contribution in [0.15, 0.2) is 41.3 Å². The first-order valence-corrected chi connectivity index (χ1v) is 10.5. The summed E-state index contributed by atoms with van der Waals surface area (Å²) in [7, 11) is -4.85. The Bertz CT molecular complexity index is 1020. The lowest BCUT2D eigenvalue weighted by molar-refractivity contribution is 0.101. The van der Waals surface area contributed by atoms with Crippen LogP contribution in [0.25, 0.3) is 0 Å². The zero-order valence-electron chi connectivity index (χ0n) is 14.9. The number of carbonyl (C=O) groups excluding carboxylic acids is 1. The molecule has 4 rings (SSSR count). The Hall–Kier alpha value is -2.16. The number of hydrogen-bond acceptors (Lipinski definition) is 6. The summed E-state index contributed by atoms with van der Waals surface area (Å²) in [6, 6.07) is 10.4. The van der Waals surface area contributed by atoms with E-state index in [1.54, 1.807) is 30.3 Å². The van der Waals surface area contributed by atoms with Crippen molar-refractivity contribution in [2.45, 2.75) is 37.1 Å². The van der Waals surface area contributed by atoms with Crippen molar-refractivity contribution in [1.82, 2.24) is 5.32 Å². The number of ketones is 1. The molecule has 0 spiro atoms. The molecule has 6 nitrogen and oxygen atoms in total. The van der Waals surface area contributed by atoms with Crippen LogP contribution in [0.4, 0.5) is 0 Å². The monoisotopic (exact) mass is 385 g/mol. The van der Waals surface area contributed by atoms with Crippen molar-refractivity contribution < 1.29 is 22.9 Å². The van der Waals surface area contributed by atoms with E-state index in [1.807, 2.05) is 6.07 Å². The first-order valence-electron chi connectivity index (χ1n) is 8.88. The quantitative estimate of drug-likeness (QED) is 0.616. The first-order chi connectivity index (χ1) is 12.8. The lowest BCUT2D eigenvalue weighted by Gasteiger charge is -2.28. The van der Waals surface area contributed by atoms with Gasteiger partial charge in [0.25, 0.3) is 0 Å². The van der Waals surface area contributed by atoms with Crippen LogP contribution in [0.3, 0.4) is 0 Å². The van der Waals surface area contributed by atoms with Crippen LogP contribution in [-0.4, -0.2) is 32.1 Å². The van der Waals surface area contributed by atoms with Crippen LogP contribution in [0.2, 0.25) is 5.82 Å². The number of hydrogen-bond donors (Lipinski definition) is 2. The molecule has 2 aliphatic rings. The molecule has 8 heteroatoms. The van der Waals surface area contributed by atoms with Gasteiger partial charge in [-0.15, -0.1) is 0 Å². The van der Waals surface area contributed by atoms with E-state index in [0.29, 0.717) is 24.3 Å². The van der Waals surface area contributed by atoms with Gasteiger partial charge in [0.2, 0.25) is 0 Å². The number of rotatable bonds is 4. The van der Waals surface area contributed by atoms with Crippen LogP contribution in [0.1, 0.15) is 34.0 Å². The molecule has 2 heterocycles. The zero-order chi connectivity index (χ0) is 19.2. The molecule has 0 aliphatic carbocycles. The van der Waals surface area contributed by atoms with Gasteiger partial charge in [0, 0.05) is 18.9 Å². The number of para-hydroxylation sites is 1. The maximum Gasteiger partial charge on any atom is 0.527 e. The molecule has 27 heavy (non-hydrogen) atoms. The van der Waals surface area contributed by atoms with E-state index in [-0.39, 0.29) is 16.4 Å². The van der Waals surface area contributed by atoms with E-state index in [1.165, 1.54) is 6.92 Å². The molecule has 2 N–H and O–H groups in total. The lowest BCUT2D eigenvalue weighted by Crippen LogP contribution is -2.38. The normalized spacial score (nSPS) is 18.6. The highest BCUT2D eigenvalue weighted by molar-refractivity contribution is 7.91. The van der Waals surface area contributed by atoms with Crippen molar-refractivity contribution in [3.63, 3.8) is 0 Å². The molecule has 0 unspecified atom stereocenters. The number of fused-ring (bicyclic) bond motifs is 2. The minimum Gasteiger partial charge on any atom is -0.535 e. The fourth-order valence-electron chi connectivity index (χ4n) is 3.75. The van der Waals surface area contributed by atoms with Crippen molar-refractivity contribution in [2.75, 3.05) is 5.75 Å². The number of carbonyl (C=O) groups is 1. The fraction of sp³-hybridized carbons (Fsp3) is 0.316. The molecule has 0 saturated carbocycles. The second-order valence-corrected chi connectivity index (χ2v) is 9.17. The van der Waals surface area contributed by atoms with Gasteiger partial charge in [0.05, 0.1) is 16.2 Å². The molecule has 0 bridgehead atoms. The highest BCUT2D eigenvalue weighted by Gasteiger charge is 2.39. The highest BCUT2D eigenvalue weighted by Crippen LogP contribution is 2.36. The van der Waals surface area contributed by atoms with Gasteiger partial charge in [0.15, 0.2) is 15.6 Å². The van der Waals surface area contributed by atoms with E-state index in [0.717, 1.165) is 23.2 Å². The van der Waals surface area contributed by atoms with Crippen LogP contribution in [0, 0.1) is 0 Å². The lowest BCUT2D eigenvalue weighted by atomic mass is 9.67. The third kappa shape index (κ3) is 3.40. The Morgan fingerprint density at radius 2 is 2.00 bits per heavy atom. The van der Waals surface area contributed by atoms with Crippen molar-refractivity contribution in [1.29, 1.82) is 0 Å². The molecule has 2 aromatic carbocycles. The predicted molar refractivity (Wildman–Crippen MR) is 102 cm³/mol. The van der Waals surface area contributed by atoms with E-state index in [9.17, 15) is 18.2 Å². The van der Waals surface area contributed by atoms with Gasteiger partial charge < -0.3 is 15.0 Å². The summed E-state index contributed by atoms with van der Waals surface area (Å²) in [6.45, 7) is 2.85. The summed E-state index contributed by atoms with van der Waals surface area (Å²) >= 11 is 0. The maximum absolute atomic E-state index is 12.9. The van der Waals surface area contributed by atoms with Crippen LogP contribution < -0.4 is 9.97 Å². The molecular formula is C19H20BNO5S. The molecule has 0 fully saturated rings. The number of nitrogens with one attached hydrogen (secondary N) is 1. The van der Waals surface area contributed by atoms with Crippen LogP contribution >= 0.6 is 0 Å². The summed E-state index contributed by atoms with van der Waals surface area (Å²) in [6.07, 6.45) is 0.337. The van der Waals surface area contributed by atoms with E-state index < -0.39 is 22.8 Å². The summed E-state index contributed by atoms with van der Waals surface area (Å²) in [5, 5.41) is 13.6. The van der Waals surface area contributed by atoms with Gasteiger partial charge in [-0.25, -0.2) is 8.42 Å². The maximum atomic E-state index is 12.9. The SMILES string of the molecule is CC(=O)c1cccc2c1OB(O)[C@@H](CS(=O)(=O)c1ccc3c(c1)CNC3)C2. The molecule has 140 valence electrons. The van der Waals surface area contributed by atoms with Crippen molar-refractivity contribution in [3.05, 3.63) is 58.7 Å². The van der Waals surface area contributed by atoms with Gasteiger partial charge in [0.1, 0.15) is 5.75 Å². The van der Waals surface area contributed by atoms with Crippen LogP contribution in [0.5, 0.6) is 5.75 Å². The molecule has 0 amide bonds. The third-order valence-corrected chi connectivity index (χ3v) is 7.04.